The molecule has 0 spiro atoms. The van der Waals surface area contributed by atoms with Crippen molar-refractivity contribution in [3.05, 3.63) is 0 Å². The van der Waals surface area contributed by atoms with Crippen LogP contribution in [0.1, 0.15) is 20.3 Å². The molecule has 6 heteroatoms. The molecule has 0 aromatic heterocycles. The van der Waals surface area contributed by atoms with Crippen LogP contribution in [0.3, 0.4) is 0 Å². The first-order valence-electron chi connectivity index (χ1n) is 5.31. The quantitative estimate of drug-likeness (QED) is 0.660. The summed E-state index contributed by atoms with van der Waals surface area (Å²) in [6, 6.07) is -0.944. The smallest absolute Gasteiger partial charge is 0.326 e. The number of nitrogens with zero attached hydrogens (tertiary/aromatic N) is 2. The van der Waals surface area contributed by atoms with Crippen LogP contribution in [0, 0.1) is 0 Å². The monoisotopic (exact) mass is 228 g/mol. The SMILES string of the molecule is CCCN1CCN([C@@H](C)C(=O)O)C(=O)C1=O. The number of carboxylic acid groups (broad SMARTS) is 1. The van der Waals surface area contributed by atoms with Crippen molar-refractivity contribution < 1.29 is 19.5 Å². The zero-order chi connectivity index (χ0) is 12.3. The maximum absolute atomic E-state index is 11.6. The van der Waals surface area contributed by atoms with Crippen molar-refractivity contribution in [1.29, 1.82) is 0 Å². The van der Waals surface area contributed by atoms with Crippen molar-refractivity contribution >= 4 is 17.8 Å². The van der Waals surface area contributed by atoms with Gasteiger partial charge in [-0.3, -0.25) is 9.59 Å². The van der Waals surface area contributed by atoms with Crippen molar-refractivity contribution in [2.24, 2.45) is 0 Å². The van der Waals surface area contributed by atoms with Gasteiger partial charge in [0.1, 0.15) is 6.04 Å². The molecule has 1 aliphatic heterocycles. The lowest BCUT2D eigenvalue weighted by Crippen LogP contribution is -2.58. The van der Waals surface area contributed by atoms with Crippen LogP contribution < -0.4 is 0 Å². The summed E-state index contributed by atoms with van der Waals surface area (Å²) in [6.07, 6.45) is 0.785. The number of hydrogen-bond donors (Lipinski definition) is 1. The Hall–Kier alpha value is -1.59. The van der Waals surface area contributed by atoms with Crippen molar-refractivity contribution in [3.8, 4) is 0 Å². The fourth-order valence-corrected chi connectivity index (χ4v) is 1.68. The molecule has 1 heterocycles. The number of aliphatic carboxylic acids is 1. The Kier molecular flexibility index (Phi) is 3.87. The topological polar surface area (TPSA) is 77.9 Å². The summed E-state index contributed by atoms with van der Waals surface area (Å²) in [7, 11) is 0. The Morgan fingerprint density at radius 2 is 2.00 bits per heavy atom. The van der Waals surface area contributed by atoms with Gasteiger partial charge in [0, 0.05) is 19.6 Å². The molecular weight excluding hydrogens is 212 g/mol. The van der Waals surface area contributed by atoms with Crippen LogP contribution in [0.15, 0.2) is 0 Å². The van der Waals surface area contributed by atoms with Gasteiger partial charge in [-0.05, 0) is 13.3 Å². The van der Waals surface area contributed by atoms with Crippen molar-refractivity contribution in [2.45, 2.75) is 26.3 Å². The molecule has 0 aromatic rings. The predicted octanol–water partition coefficient (Wildman–Crippen LogP) is -0.460. The van der Waals surface area contributed by atoms with Gasteiger partial charge in [0.15, 0.2) is 0 Å². The van der Waals surface area contributed by atoms with Crippen LogP contribution in [0.4, 0.5) is 0 Å². The third kappa shape index (κ3) is 2.32. The predicted molar refractivity (Wildman–Crippen MR) is 55.7 cm³/mol. The van der Waals surface area contributed by atoms with Gasteiger partial charge in [-0.15, -0.1) is 0 Å². The lowest BCUT2D eigenvalue weighted by atomic mass is 10.2. The molecule has 16 heavy (non-hydrogen) atoms. The minimum atomic E-state index is -1.09. The minimum absolute atomic E-state index is 0.290. The second kappa shape index (κ2) is 4.96. The molecule has 0 aliphatic carbocycles. The molecule has 1 saturated heterocycles. The van der Waals surface area contributed by atoms with Gasteiger partial charge in [-0.2, -0.15) is 0 Å². The maximum atomic E-state index is 11.6. The van der Waals surface area contributed by atoms with E-state index in [1.165, 1.54) is 11.8 Å². The number of piperazine rings is 1. The van der Waals surface area contributed by atoms with E-state index in [-0.39, 0.29) is 6.54 Å². The molecule has 1 aliphatic rings. The van der Waals surface area contributed by atoms with Crippen LogP contribution in [0.2, 0.25) is 0 Å². The fraction of sp³-hybridized carbons (Fsp3) is 0.700. The molecule has 0 saturated carbocycles. The van der Waals surface area contributed by atoms with E-state index in [9.17, 15) is 14.4 Å². The van der Waals surface area contributed by atoms with Gasteiger partial charge >= 0.3 is 17.8 Å². The Labute approximate surface area is 93.8 Å². The maximum Gasteiger partial charge on any atom is 0.326 e. The fourth-order valence-electron chi connectivity index (χ4n) is 1.68. The van der Waals surface area contributed by atoms with Crippen LogP contribution in [0.5, 0.6) is 0 Å². The van der Waals surface area contributed by atoms with E-state index in [1.807, 2.05) is 6.92 Å². The summed E-state index contributed by atoms with van der Waals surface area (Å²) >= 11 is 0. The van der Waals surface area contributed by atoms with Gasteiger partial charge in [0.25, 0.3) is 0 Å². The second-order valence-corrected chi connectivity index (χ2v) is 3.80. The Balaban J connectivity index is 2.72. The molecule has 90 valence electrons. The molecular formula is C10H16N2O4. The largest absolute Gasteiger partial charge is 0.480 e. The molecule has 0 radical (unpaired) electrons. The number of amides is 2. The molecule has 0 bridgehead atoms. The van der Waals surface area contributed by atoms with E-state index in [1.54, 1.807) is 0 Å². The Morgan fingerprint density at radius 1 is 1.38 bits per heavy atom. The number of carbonyl (C=O) groups excluding carboxylic acids is 2. The summed E-state index contributed by atoms with van der Waals surface area (Å²) in [6.45, 7) is 4.57. The summed E-state index contributed by atoms with van der Waals surface area (Å²) < 4.78 is 0. The molecule has 1 N–H and O–H groups in total. The zero-order valence-corrected chi connectivity index (χ0v) is 9.47. The third-order valence-corrected chi connectivity index (χ3v) is 2.66. The van der Waals surface area contributed by atoms with E-state index < -0.39 is 23.8 Å². The average Bonchev–Trinajstić information content (AvgIpc) is 2.24. The van der Waals surface area contributed by atoms with E-state index in [2.05, 4.69) is 0 Å². The summed E-state index contributed by atoms with van der Waals surface area (Å²) in [5.74, 6) is -2.40. The number of carbonyl (C=O) groups is 3. The van der Waals surface area contributed by atoms with Crippen molar-refractivity contribution in [2.75, 3.05) is 19.6 Å². The molecule has 1 fully saturated rings. The standard InChI is InChI=1S/C10H16N2O4/c1-3-4-11-5-6-12(7(2)10(15)16)9(14)8(11)13/h7H,3-6H2,1-2H3,(H,15,16)/t7-/m0/s1. The molecule has 2 amide bonds. The first-order chi connectivity index (χ1) is 7.49. The van der Waals surface area contributed by atoms with E-state index in [0.717, 1.165) is 11.3 Å². The molecule has 0 unspecified atom stereocenters. The van der Waals surface area contributed by atoms with E-state index >= 15 is 0 Å². The number of carboxylic acids is 1. The summed E-state index contributed by atoms with van der Waals surface area (Å²) in [5.41, 5.74) is 0. The van der Waals surface area contributed by atoms with Gasteiger partial charge in [-0.25, -0.2) is 4.79 Å². The van der Waals surface area contributed by atoms with E-state index in [0.29, 0.717) is 13.1 Å². The minimum Gasteiger partial charge on any atom is -0.480 e. The number of hydrogen-bond acceptors (Lipinski definition) is 3. The molecule has 1 rings (SSSR count). The van der Waals surface area contributed by atoms with Crippen LogP contribution in [0.25, 0.3) is 0 Å². The summed E-state index contributed by atoms with van der Waals surface area (Å²) in [5, 5.41) is 8.79. The molecule has 1 atom stereocenters. The summed E-state index contributed by atoms with van der Waals surface area (Å²) in [4.78, 5) is 36.5. The van der Waals surface area contributed by atoms with E-state index in [4.69, 9.17) is 5.11 Å². The first-order valence-corrected chi connectivity index (χ1v) is 5.31. The Morgan fingerprint density at radius 3 is 2.50 bits per heavy atom. The van der Waals surface area contributed by atoms with Gasteiger partial charge in [0.05, 0.1) is 0 Å². The normalized spacial score (nSPS) is 18.9. The lowest BCUT2D eigenvalue weighted by molar-refractivity contribution is -0.161. The van der Waals surface area contributed by atoms with Gasteiger partial charge in [-0.1, -0.05) is 6.92 Å². The first kappa shape index (κ1) is 12.5. The van der Waals surface area contributed by atoms with Crippen LogP contribution >= 0.6 is 0 Å². The third-order valence-electron chi connectivity index (χ3n) is 2.66. The second-order valence-electron chi connectivity index (χ2n) is 3.80. The lowest BCUT2D eigenvalue weighted by Gasteiger charge is -2.35. The average molecular weight is 228 g/mol. The number of rotatable bonds is 4. The highest BCUT2D eigenvalue weighted by Crippen LogP contribution is 2.09. The molecule has 0 aromatic carbocycles. The highest BCUT2D eigenvalue weighted by atomic mass is 16.4. The van der Waals surface area contributed by atoms with Crippen LogP contribution in [-0.4, -0.2) is 58.4 Å². The van der Waals surface area contributed by atoms with Gasteiger partial charge in [0.2, 0.25) is 0 Å². The highest BCUT2D eigenvalue weighted by molar-refractivity contribution is 6.35. The zero-order valence-electron chi connectivity index (χ0n) is 9.47. The van der Waals surface area contributed by atoms with Crippen molar-refractivity contribution in [1.82, 2.24) is 9.80 Å². The highest BCUT2D eigenvalue weighted by Gasteiger charge is 2.36. The Bertz CT molecular complexity index is 316. The van der Waals surface area contributed by atoms with Gasteiger partial charge < -0.3 is 14.9 Å². The van der Waals surface area contributed by atoms with Crippen molar-refractivity contribution in [3.63, 3.8) is 0 Å². The van der Waals surface area contributed by atoms with Crippen LogP contribution in [-0.2, 0) is 14.4 Å². The molecule has 6 nitrogen and oxygen atoms in total.